The maximum Gasteiger partial charge on any atom is 0.335 e. The largest absolute Gasteiger partial charge is 0.487 e. The number of rotatable bonds is 3. The number of likely N-dealkylation sites (N-methyl/N-ethyl adjacent to an activating group) is 1. The van der Waals surface area contributed by atoms with E-state index in [9.17, 15) is 9.59 Å². The number of carbonyl (C=O) groups is 2. The van der Waals surface area contributed by atoms with E-state index in [1.54, 1.807) is 19.1 Å². The molecule has 0 saturated carbocycles. The van der Waals surface area contributed by atoms with Crippen LogP contribution >= 0.6 is 0 Å². The number of carboxylic acids is 1. The Balaban J connectivity index is 1.91. The van der Waals surface area contributed by atoms with Crippen molar-refractivity contribution in [2.75, 3.05) is 30.4 Å². The Kier molecular flexibility index (Phi) is 4.12. The first-order chi connectivity index (χ1) is 11.5. The number of fused-ring (bicyclic) bond motifs is 1. The number of aryl methyl sites for hydroxylation is 1. The van der Waals surface area contributed by atoms with Crippen molar-refractivity contribution in [1.82, 2.24) is 0 Å². The molecule has 2 N–H and O–H groups in total. The van der Waals surface area contributed by atoms with Crippen molar-refractivity contribution in [2.24, 2.45) is 0 Å². The minimum Gasteiger partial charge on any atom is -0.487 e. The van der Waals surface area contributed by atoms with E-state index < -0.39 is 5.97 Å². The second kappa shape index (κ2) is 6.23. The first kappa shape index (κ1) is 15.9. The number of anilines is 2. The molecule has 24 heavy (non-hydrogen) atoms. The molecule has 0 bridgehead atoms. The summed E-state index contributed by atoms with van der Waals surface area (Å²) in [5, 5.41) is 12.0. The van der Waals surface area contributed by atoms with Gasteiger partial charge in [-0.15, -0.1) is 0 Å². The molecule has 0 saturated heterocycles. The van der Waals surface area contributed by atoms with Gasteiger partial charge in [0.1, 0.15) is 6.61 Å². The second-order valence-electron chi connectivity index (χ2n) is 5.77. The third-order valence-electron chi connectivity index (χ3n) is 3.91. The summed E-state index contributed by atoms with van der Waals surface area (Å²) in [6, 6.07) is 10.1. The highest BCUT2D eigenvalue weighted by atomic mass is 16.5. The summed E-state index contributed by atoms with van der Waals surface area (Å²) in [6.07, 6.45) is 0. The van der Waals surface area contributed by atoms with E-state index in [1.807, 2.05) is 19.2 Å². The van der Waals surface area contributed by atoms with E-state index in [0.717, 1.165) is 12.2 Å². The number of ether oxygens (including phenoxy) is 1. The zero-order valence-corrected chi connectivity index (χ0v) is 13.5. The van der Waals surface area contributed by atoms with Gasteiger partial charge < -0.3 is 20.1 Å². The number of carboxylic acid groups (broad SMARTS) is 1. The quantitative estimate of drug-likeness (QED) is 0.907. The Morgan fingerprint density at radius 1 is 1.21 bits per heavy atom. The summed E-state index contributed by atoms with van der Waals surface area (Å²) in [5.41, 5.74) is 2.59. The molecule has 124 valence electrons. The first-order valence-electron chi connectivity index (χ1n) is 7.59. The maximum atomic E-state index is 12.5. The van der Waals surface area contributed by atoms with Crippen molar-refractivity contribution in [3.63, 3.8) is 0 Å². The maximum absolute atomic E-state index is 12.5. The Morgan fingerprint density at radius 3 is 2.71 bits per heavy atom. The molecular formula is C18H18N2O4. The number of amides is 1. The molecular weight excluding hydrogens is 308 g/mol. The van der Waals surface area contributed by atoms with E-state index >= 15 is 0 Å². The molecule has 2 aromatic rings. The van der Waals surface area contributed by atoms with Gasteiger partial charge in [0.15, 0.2) is 5.75 Å². The van der Waals surface area contributed by atoms with E-state index in [1.165, 1.54) is 12.1 Å². The third-order valence-corrected chi connectivity index (χ3v) is 3.91. The minimum atomic E-state index is -1.06. The molecule has 1 aliphatic heterocycles. The van der Waals surface area contributed by atoms with Crippen molar-refractivity contribution in [3.05, 3.63) is 53.1 Å². The van der Waals surface area contributed by atoms with Gasteiger partial charge in [-0.1, -0.05) is 6.07 Å². The third kappa shape index (κ3) is 3.03. The van der Waals surface area contributed by atoms with Gasteiger partial charge in [0.25, 0.3) is 5.91 Å². The van der Waals surface area contributed by atoms with Crippen molar-refractivity contribution < 1.29 is 19.4 Å². The van der Waals surface area contributed by atoms with Gasteiger partial charge in [0.2, 0.25) is 0 Å². The van der Waals surface area contributed by atoms with Crippen LogP contribution in [0, 0.1) is 6.92 Å². The van der Waals surface area contributed by atoms with Gasteiger partial charge in [-0.25, -0.2) is 4.79 Å². The number of hydrogen-bond acceptors (Lipinski definition) is 4. The summed E-state index contributed by atoms with van der Waals surface area (Å²) in [5.74, 6) is -0.799. The van der Waals surface area contributed by atoms with Crippen molar-refractivity contribution >= 4 is 23.3 Å². The Bertz CT molecular complexity index is 817. The van der Waals surface area contributed by atoms with Crippen LogP contribution in [0.4, 0.5) is 11.4 Å². The Morgan fingerprint density at radius 2 is 1.96 bits per heavy atom. The Labute approximate surface area is 139 Å². The van der Waals surface area contributed by atoms with Crippen LogP contribution in [0.3, 0.4) is 0 Å². The standard InChI is InChI=1S/C18H18N2O4/c1-11-8-12(10-13(9-11)18(22)23)17(21)19-14-4-3-5-15-16(14)24-7-6-20(15)2/h3-5,8-10H,6-7H2,1-2H3,(H,19,21)(H,22,23). The smallest absolute Gasteiger partial charge is 0.335 e. The number of nitrogens with one attached hydrogen (secondary N) is 1. The van der Waals surface area contributed by atoms with Gasteiger partial charge in [-0.3, -0.25) is 4.79 Å². The summed E-state index contributed by atoms with van der Waals surface area (Å²) < 4.78 is 5.70. The molecule has 6 heteroatoms. The Hall–Kier alpha value is -3.02. The highest BCUT2D eigenvalue weighted by Gasteiger charge is 2.20. The van der Waals surface area contributed by atoms with Gasteiger partial charge in [-0.2, -0.15) is 0 Å². The van der Waals surface area contributed by atoms with Gasteiger partial charge in [-0.05, 0) is 42.8 Å². The fraction of sp³-hybridized carbons (Fsp3) is 0.222. The molecule has 1 amide bonds. The van der Waals surface area contributed by atoms with Gasteiger partial charge in [0, 0.05) is 12.6 Å². The zero-order chi connectivity index (χ0) is 17.3. The average Bonchev–Trinajstić information content (AvgIpc) is 2.55. The lowest BCUT2D eigenvalue weighted by Crippen LogP contribution is -2.29. The lowest BCUT2D eigenvalue weighted by molar-refractivity contribution is 0.0696. The van der Waals surface area contributed by atoms with E-state index in [2.05, 4.69) is 10.2 Å². The monoisotopic (exact) mass is 326 g/mol. The normalized spacial score (nSPS) is 13.0. The summed E-state index contributed by atoms with van der Waals surface area (Å²) >= 11 is 0. The average molecular weight is 326 g/mol. The number of aromatic carboxylic acids is 1. The molecule has 0 atom stereocenters. The van der Waals surface area contributed by atoms with Crippen molar-refractivity contribution in [2.45, 2.75) is 6.92 Å². The molecule has 0 unspecified atom stereocenters. The fourth-order valence-corrected chi connectivity index (χ4v) is 2.71. The highest BCUT2D eigenvalue weighted by Crippen LogP contribution is 2.37. The summed E-state index contributed by atoms with van der Waals surface area (Å²) in [4.78, 5) is 25.8. The van der Waals surface area contributed by atoms with Crippen LogP contribution in [0.1, 0.15) is 26.3 Å². The number of hydrogen-bond donors (Lipinski definition) is 2. The molecule has 2 aromatic carbocycles. The predicted octanol–water partition coefficient (Wildman–Crippen LogP) is 2.77. The molecule has 6 nitrogen and oxygen atoms in total. The minimum absolute atomic E-state index is 0.0891. The van der Waals surface area contributed by atoms with Crippen LogP contribution in [0.5, 0.6) is 5.75 Å². The number of benzene rings is 2. The first-order valence-corrected chi connectivity index (χ1v) is 7.59. The van der Waals surface area contributed by atoms with Crippen LogP contribution < -0.4 is 15.0 Å². The number of para-hydroxylation sites is 1. The molecule has 1 aliphatic rings. The topological polar surface area (TPSA) is 78.9 Å². The molecule has 3 rings (SSSR count). The fourth-order valence-electron chi connectivity index (χ4n) is 2.71. The molecule has 0 radical (unpaired) electrons. The summed E-state index contributed by atoms with van der Waals surface area (Å²) in [7, 11) is 1.96. The summed E-state index contributed by atoms with van der Waals surface area (Å²) in [6.45, 7) is 3.08. The van der Waals surface area contributed by atoms with Gasteiger partial charge in [0.05, 0.1) is 23.5 Å². The lowest BCUT2D eigenvalue weighted by atomic mass is 10.1. The SMILES string of the molecule is Cc1cc(C(=O)O)cc(C(=O)Nc2cccc3c2OCCN3C)c1. The van der Waals surface area contributed by atoms with Crippen LogP contribution in [-0.2, 0) is 0 Å². The second-order valence-corrected chi connectivity index (χ2v) is 5.77. The zero-order valence-electron chi connectivity index (χ0n) is 13.5. The predicted molar refractivity (Wildman–Crippen MR) is 91.3 cm³/mol. The molecule has 0 aliphatic carbocycles. The van der Waals surface area contributed by atoms with E-state index in [4.69, 9.17) is 9.84 Å². The number of nitrogens with zero attached hydrogens (tertiary/aromatic N) is 1. The van der Waals surface area contributed by atoms with Crippen molar-refractivity contribution in [1.29, 1.82) is 0 Å². The molecule has 0 aromatic heterocycles. The van der Waals surface area contributed by atoms with Crippen LogP contribution in [0.2, 0.25) is 0 Å². The van der Waals surface area contributed by atoms with Gasteiger partial charge >= 0.3 is 5.97 Å². The molecule has 0 fully saturated rings. The van der Waals surface area contributed by atoms with Crippen LogP contribution in [0.25, 0.3) is 0 Å². The van der Waals surface area contributed by atoms with Crippen molar-refractivity contribution in [3.8, 4) is 5.75 Å². The molecule has 0 spiro atoms. The van der Waals surface area contributed by atoms with E-state index in [-0.39, 0.29) is 11.5 Å². The van der Waals surface area contributed by atoms with Crippen LogP contribution in [0.15, 0.2) is 36.4 Å². The van der Waals surface area contributed by atoms with Crippen LogP contribution in [-0.4, -0.2) is 37.2 Å². The number of carbonyl (C=O) groups excluding carboxylic acids is 1. The molecule has 1 heterocycles. The lowest BCUT2D eigenvalue weighted by Gasteiger charge is -2.29. The highest BCUT2D eigenvalue weighted by molar-refractivity contribution is 6.07. The van der Waals surface area contributed by atoms with E-state index in [0.29, 0.717) is 29.2 Å².